The summed E-state index contributed by atoms with van der Waals surface area (Å²) < 4.78 is 16.9. The van der Waals surface area contributed by atoms with Crippen LogP contribution in [0, 0.1) is 0 Å². The van der Waals surface area contributed by atoms with E-state index >= 15 is 0 Å². The summed E-state index contributed by atoms with van der Waals surface area (Å²) in [6.07, 6.45) is 80.7. The molecule has 1 atom stereocenters. The molecule has 0 aromatic heterocycles. The summed E-state index contributed by atoms with van der Waals surface area (Å²) in [5, 5.41) is 0. The predicted molar refractivity (Wildman–Crippen MR) is 311 cm³/mol. The lowest BCUT2D eigenvalue weighted by Crippen LogP contribution is -2.30. The van der Waals surface area contributed by atoms with E-state index in [1.807, 2.05) is 0 Å². The van der Waals surface area contributed by atoms with Crippen LogP contribution in [0.3, 0.4) is 0 Å². The zero-order valence-electron chi connectivity index (χ0n) is 46.9. The molecular weight excluding hydrogens is 889 g/mol. The van der Waals surface area contributed by atoms with E-state index in [-0.39, 0.29) is 31.1 Å². The SMILES string of the molecule is CCCCC\C=C/C=C\C=C/C=C\CCCCCCCC(=O)OCC(COC(=O)CCCCCCC/C=C\C=C/CCCCCCCCC)OC(=O)CCCCCCC\C=C/C=C\C=C/CCCCCCC. The molecule has 1 unspecified atom stereocenters. The number of hydrogen-bond acceptors (Lipinski definition) is 6. The molecule has 0 radical (unpaired) electrons. The summed E-state index contributed by atoms with van der Waals surface area (Å²) in [7, 11) is 0. The number of rotatable bonds is 53. The van der Waals surface area contributed by atoms with Crippen LogP contribution in [0.1, 0.15) is 271 Å². The molecule has 0 bridgehead atoms. The number of esters is 3. The van der Waals surface area contributed by atoms with Gasteiger partial charge in [0, 0.05) is 19.3 Å². The Hall–Kier alpha value is -3.93. The van der Waals surface area contributed by atoms with Crippen molar-refractivity contribution < 1.29 is 28.6 Å². The van der Waals surface area contributed by atoms with Crippen LogP contribution in [0.4, 0.5) is 0 Å². The van der Waals surface area contributed by atoms with Crippen molar-refractivity contribution >= 4 is 17.9 Å². The van der Waals surface area contributed by atoms with E-state index in [4.69, 9.17) is 14.2 Å². The number of unbranched alkanes of at least 4 members (excludes halogenated alkanes) is 30. The predicted octanol–water partition coefficient (Wildman–Crippen LogP) is 20.3. The first kappa shape index (κ1) is 68.1. The lowest BCUT2D eigenvalue weighted by Gasteiger charge is -2.18. The van der Waals surface area contributed by atoms with E-state index in [9.17, 15) is 14.4 Å². The van der Waals surface area contributed by atoms with Crippen molar-refractivity contribution in [1.82, 2.24) is 0 Å². The Labute approximate surface area is 444 Å². The number of ether oxygens (including phenoxy) is 3. The third-order valence-electron chi connectivity index (χ3n) is 12.7. The molecule has 0 heterocycles. The van der Waals surface area contributed by atoms with Crippen LogP contribution in [-0.4, -0.2) is 37.2 Å². The van der Waals surface area contributed by atoms with Crippen LogP contribution < -0.4 is 0 Å². The molecule has 0 amide bonds. The topological polar surface area (TPSA) is 78.9 Å². The van der Waals surface area contributed by atoms with Gasteiger partial charge < -0.3 is 14.2 Å². The van der Waals surface area contributed by atoms with E-state index < -0.39 is 6.10 Å². The van der Waals surface area contributed by atoms with Gasteiger partial charge in [0.1, 0.15) is 13.2 Å². The Bertz CT molecular complexity index is 1470. The minimum Gasteiger partial charge on any atom is -0.462 e. The third kappa shape index (κ3) is 57.0. The molecule has 410 valence electrons. The molecule has 6 nitrogen and oxygen atoms in total. The lowest BCUT2D eigenvalue weighted by atomic mass is 10.1. The smallest absolute Gasteiger partial charge is 0.306 e. The fraction of sp³-hybridized carbons (Fsp3) is 0.682. The monoisotopic (exact) mass is 999 g/mol. The molecular formula is C66H110O6. The normalized spacial score (nSPS) is 12.9. The highest BCUT2D eigenvalue weighted by Crippen LogP contribution is 2.14. The minimum absolute atomic E-state index is 0.104. The van der Waals surface area contributed by atoms with Gasteiger partial charge in [-0.25, -0.2) is 0 Å². The van der Waals surface area contributed by atoms with Crippen LogP contribution in [0.2, 0.25) is 0 Å². The summed E-state index contributed by atoms with van der Waals surface area (Å²) in [6, 6.07) is 0. The lowest BCUT2D eigenvalue weighted by molar-refractivity contribution is -0.167. The van der Waals surface area contributed by atoms with E-state index in [0.29, 0.717) is 19.3 Å². The van der Waals surface area contributed by atoms with Gasteiger partial charge in [-0.3, -0.25) is 14.4 Å². The highest BCUT2D eigenvalue weighted by Gasteiger charge is 2.19. The summed E-state index contributed by atoms with van der Waals surface area (Å²) >= 11 is 0. The Morgan fingerprint density at radius 1 is 0.278 bits per heavy atom. The maximum absolute atomic E-state index is 12.9. The van der Waals surface area contributed by atoms with E-state index in [1.165, 1.54) is 103 Å². The quantitative estimate of drug-likeness (QED) is 0.0261. The summed E-state index contributed by atoms with van der Waals surface area (Å²) in [4.78, 5) is 38.2. The molecule has 0 N–H and O–H groups in total. The van der Waals surface area contributed by atoms with Crippen LogP contribution in [-0.2, 0) is 28.6 Å². The highest BCUT2D eigenvalue weighted by molar-refractivity contribution is 5.71. The van der Waals surface area contributed by atoms with Gasteiger partial charge in [0.25, 0.3) is 0 Å². The number of allylic oxidation sites excluding steroid dienone is 18. The number of carbonyl (C=O) groups is 3. The molecule has 0 aliphatic carbocycles. The van der Waals surface area contributed by atoms with Gasteiger partial charge in [0.15, 0.2) is 6.10 Å². The maximum Gasteiger partial charge on any atom is 0.306 e. The zero-order valence-corrected chi connectivity index (χ0v) is 46.9. The van der Waals surface area contributed by atoms with Crippen molar-refractivity contribution in [3.05, 3.63) is 109 Å². The molecule has 0 rings (SSSR count). The summed E-state index contributed by atoms with van der Waals surface area (Å²) in [5.74, 6) is -0.958. The van der Waals surface area contributed by atoms with Crippen molar-refractivity contribution in [2.45, 2.75) is 277 Å². The fourth-order valence-corrected chi connectivity index (χ4v) is 8.09. The Balaban J connectivity index is 4.52. The minimum atomic E-state index is -0.809. The largest absolute Gasteiger partial charge is 0.462 e. The molecule has 0 spiro atoms. The molecule has 0 aromatic carbocycles. The van der Waals surface area contributed by atoms with Gasteiger partial charge in [-0.1, -0.05) is 265 Å². The van der Waals surface area contributed by atoms with Crippen LogP contribution in [0.25, 0.3) is 0 Å². The van der Waals surface area contributed by atoms with Gasteiger partial charge >= 0.3 is 17.9 Å². The van der Waals surface area contributed by atoms with Gasteiger partial charge in [0.2, 0.25) is 0 Å². The number of hydrogen-bond donors (Lipinski definition) is 0. The van der Waals surface area contributed by atoms with Gasteiger partial charge in [-0.2, -0.15) is 0 Å². The molecule has 0 fully saturated rings. The molecule has 0 aliphatic heterocycles. The molecule has 0 aliphatic rings. The van der Waals surface area contributed by atoms with Crippen molar-refractivity contribution in [1.29, 1.82) is 0 Å². The average molecular weight is 1000 g/mol. The maximum atomic E-state index is 12.9. The van der Waals surface area contributed by atoms with E-state index in [2.05, 4.69) is 130 Å². The van der Waals surface area contributed by atoms with Crippen LogP contribution in [0.5, 0.6) is 0 Å². The first-order chi connectivity index (χ1) is 35.5. The summed E-state index contributed by atoms with van der Waals surface area (Å²) in [5.41, 5.74) is 0. The second kappa shape index (κ2) is 59.6. The summed E-state index contributed by atoms with van der Waals surface area (Å²) in [6.45, 7) is 6.54. The van der Waals surface area contributed by atoms with Crippen molar-refractivity contribution in [2.75, 3.05) is 13.2 Å². The zero-order chi connectivity index (χ0) is 52.2. The fourth-order valence-electron chi connectivity index (χ4n) is 8.09. The number of carbonyl (C=O) groups excluding carboxylic acids is 3. The van der Waals surface area contributed by atoms with Crippen molar-refractivity contribution in [3.63, 3.8) is 0 Å². The van der Waals surface area contributed by atoms with Gasteiger partial charge in [-0.15, -0.1) is 0 Å². The first-order valence-corrected chi connectivity index (χ1v) is 30.0. The standard InChI is InChI=1S/C66H110O6/c1-4-7-10-13-16-19-22-25-28-31-34-37-40-43-46-49-52-55-58-64(67)70-61-63(72-66(69)60-57-54-51-48-45-42-39-36-33-30-27-24-21-18-15-12-9-6-3)62-71-65(68)59-56-53-50-47-44-41-38-35-32-29-26-23-20-17-14-11-8-5-2/h16,19,22,24-25,27-39,63H,4-15,17-18,20-21,23,26,40-62H2,1-3H3/b19-16-,25-22-,27-24-,31-28-,32-29-,33-30-,37-34-,38-35-,39-36-. The Morgan fingerprint density at radius 2 is 0.500 bits per heavy atom. The third-order valence-corrected chi connectivity index (χ3v) is 12.7. The average Bonchev–Trinajstić information content (AvgIpc) is 3.38. The second-order valence-electron chi connectivity index (χ2n) is 19.7. The van der Waals surface area contributed by atoms with E-state index in [1.54, 1.807) is 0 Å². The second-order valence-corrected chi connectivity index (χ2v) is 19.7. The van der Waals surface area contributed by atoms with Crippen LogP contribution in [0.15, 0.2) is 109 Å². The van der Waals surface area contributed by atoms with E-state index in [0.717, 1.165) is 128 Å². The Morgan fingerprint density at radius 3 is 0.819 bits per heavy atom. The van der Waals surface area contributed by atoms with Gasteiger partial charge in [0.05, 0.1) is 0 Å². The van der Waals surface area contributed by atoms with Gasteiger partial charge in [-0.05, 0) is 96.3 Å². The molecule has 0 saturated heterocycles. The molecule has 0 aromatic rings. The first-order valence-electron chi connectivity index (χ1n) is 30.0. The van der Waals surface area contributed by atoms with Crippen molar-refractivity contribution in [3.8, 4) is 0 Å². The molecule has 72 heavy (non-hydrogen) atoms. The molecule has 6 heteroatoms. The van der Waals surface area contributed by atoms with Crippen molar-refractivity contribution in [2.24, 2.45) is 0 Å². The highest BCUT2D eigenvalue weighted by atomic mass is 16.6. The van der Waals surface area contributed by atoms with Crippen LogP contribution >= 0.6 is 0 Å². The Kier molecular flexibility index (Phi) is 56.4. The molecule has 0 saturated carbocycles.